The number of ether oxygens (including phenoxy) is 1. The second kappa shape index (κ2) is 7.17. The molecule has 0 aliphatic heterocycles. The number of nitrogens with zero attached hydrogens (tertiary/aromatic N) is 2. The van der Waals surface area contributed by atoms with Gasteiger partial charge in [-0.1, -0.05) is 24.3 Å². The Morgan fingerprint density at radius 1 is 1.35 bits per heavy atom. The minimum absolute atomic E-state index is 0.252. The molecule has 1 aromatic carbocycles. The van der Waals surface area contributed by atoms with E-state index in [1.807, 2.05) is 38.3 Å². The van der Waals surface area contributed by atoms with Crippen LogP contribution in [0.3, 0.4) is 0 Å². The highest BCUT2D eigenvalue weighted by atomic mass is 32.1. The molecule has 0 radical (unpaired) electrons. The number of aromatic nitrogens is 1. The summed E-state index contributed by atoms with van der Waals surface area (Å²) in [7, 11) is 0. The summed E-state index contributed by atoms with van der Waals surface area (Å²) in [6.07, 6.45) is 2.03. The van der Waals surface area contributed by atoms with Gasteiger partial charge in [0.05, 0.1) is 24.6 Å². The van der Waals surface area contributed by atoms with Gasteiger partial charge in [0.25, 0.3) is 0 Å². The standard InChI is InChI=1S/C15H19N3OS/c1-11(2)19-9-14-6-4-13(5-7-14)8-16-18-15-17-12(3)10-20-15/h4-8,10-11H,9H2,1-3H3,(H,17,18). The Balaban J connectivity index is 1.86. The number of hydrogen-bond donors (Lipinski definition) is 1. The van der Waals surface area contributed by atoms with Gasteiger partial charge >= 0.3 is 0 Å². The van der Waals surface area contributed by atoms with Crippen LogP contribution in [0.25, 0.3) is 0 Å². The molecule has 4 nitrogen and oxygen atoms in total. The molecule has 0 aliphatic rings. The third-order valence-corrected chi connectivity index (χ3v) is 3.42. The monoisotopic (exact) mass is 289 g/mol. The van der Waals surface area contributed by atoms with Crippen molar-refractivity contribution in [1.82, 2.24) is 4.98 Å². The van der Waals surface area contributed by atoms with E-state index in [0.717, 1.165) is 16.4 Å². The average Bonchev–Trinajstić information content (AvgIpc) is 2.83. The van der Waals surface area contributed by atoms with E-state index in [1.165, 1.54) is 5.56 Å². The lowest BCUT2D eigenvalue weighted by Gasteiger charge is -2.07. The van der Waals surface area contributed by atoms with Crippen LogP contribution in [0.4, 0.5) is 5.13 Å². The lowest BCUT2D eigenvalue weighted by molar-refractivity contribution is 0.0657. The largest absolute Gasteiger partial charge is 0.374 e. The van der Waals surface area contributed by atoms with Crippen molar-refractivity contribution in [3.8, 4) is 0 Å². The Morgan fingerprint density at radius 3 is 2.70 bits per heavy atom. The molecule has 0 spiro atoms. The molecule has 1 N–H and O–H groups in total. The number of anilines is 1. The summed E-state index contributed by atoms with van der Waals surface area (Å²) in [4.78, 5) is 4.27. The zero-order valence-corrected chi connectivity index (χ0v) is 12.8. The van der Waals surface area contributed by atoms with Gasteiger partial charge in [-0.3, -0.25) is 5.43 Å². The molecule has 0 saturated heterocycles. The van der Waals surface area contributed by atoms with Gasteiger partial charge in [-0.15, -0.1) is 11.3 Å². The maximum Gasteiger partial charge on any atom is 0.203 e. The first-order valence-corrected chi connectivity index (χ1v) is 7.43. The fraction of sp³-hybridized carbons (Fsp3) is 0.333. The highest BCUT2D eigenvalue weighted by molar-refractivity contribution is 7.13. The molecule has 0 atom stereocenters. The van der Waals surface area contributed by atoms with Gasteiger partial charge in [-0.05, 0) is 31.9 Å². The summed E-state index contributed by atoms with van der Waals surface area (Å²) in [6, 6.07) is 8.16. The third kappa shape index (κ3) is 4.75. The van der Waals surface area contributed by atoms with Gasteiger partial charge in [-0.2, -0.15) is 5.10 Å². The summed E-state index contributed by atoms with van der Waals surface area (Å²) in [6.45, 7) is 6.68. The first-order valence-electron chi connectivity index (χ1n) is 6.55. The van der Waals surface area contributed by atoms with Crippen LogP contribution in [0, 0.1) is 6.92 Å². The Hall–Kier alpha value is -1.72. The molecule has 0 aliphatic carbocycles. The fourth-order valence-electron chi connectivity index (χ4n) is 1.53. The number of aryl methyl sites for hydroxylation is 1. The van der Waals surface area contributed by atoms with Gasteiger partial charge < -0.3 is 4.74 Å². The minimum atomic E-state index is 0.252. The van der Waals surface area contributed by atoms with Gasteiger partial charge in [0.15, 0.2) is 0 Å². The maximum atomic E-state index is 5.56. The van der Waals surface area contributed by atoms with Crippen molar-refractivity contribution in [3.05, 3.63) is 46.5 Å². The number of thiazole rings is 1. The predicted molar refractivity (Wildman–Crippen MR) is 84.4 cm³/mol. The van der Waals surface area contributed by atoms with Crippen LogP contribution in [0.15, 0.2) is 34.7 Å². The molecule has 106 valence electrons. The van der Waals surface area contributed by atoms with E-state index in [9.17, 15) is 0 Å². The van der Waals surface area contributed by atoms with E-state index in [2.05, 4.69) is 27.6 Å². The fourth-order valence-corrected chi connectivity index (χ4v) is 2.17. The number of benzene rings is 1. The SMILES string of the molecule is Cc1csc(NN=Cc2ccc(COC(C)C)cc2)n1. The number of hydrogen-bond acceptors (Lipinski definition) is 5. The van der Waals surface area contributed by atoms with Crippen LogP contribution in [-0.2, 0) is 11.3 Å². The van der Waals surface area contributed by atoms with E-state index < -0.39 is 0 Å². The Morgan fingerprint density at radius 2 is 2.10 bits per heavy atom. The molecule has 2 rings (SSSR count). The van der Waals surface area contributed by atoms with Crippen molar-refractivity contribution >= 4 is 22.7 Å². The quantitative estimate of drug-likeness (QED) is 0.649. The molecular formula is C15H19N3OS. The summed E-state index contributed by atoms with van der Waals surface area (Å²) < 4.78 is 5.56. The van der Waals surface area contributed by atoms with Crippen LogP contribution in [-0.4, -0.2) is 17.3 Å². The summed E-state index contributed by atoms with van der Waals surface area (Å²) in [5, 5.41) is 6.96. The summed E-state index contributed by atoms with van der Waals surface area (Å²) in [5.74, 6) is 0. The van der Waals surface area contributed by atoms with Crippen molar-refractivity contribution in [2.75, 3.05) is 5.43 Å². The zero-order chi connectivity index (χ0) is 14.4. The second-order valence-electron chi connectivity index (χ2n) is 4.77. The molecule has 20 heavy (non-hydrogen) atoms. The molecule has 2 aromatic rings. The summed E-state index contributed by atoms with van der Waals surface area (Å²) in [5.41, 5.74) is 6.13. The maximum absolute atomic E-state index is 5.56. The van der Waals surface area contributed by atoms with Crippen LogP contribution in [0.5, 0.6) is 0 Å². The topological polar surface area (TPSA) is 46.5 Å². The lowest BCUT2D eigenvalue weighted by atomic mass is 10.1. The van der Waals surface area contributed by atoms with E-state index in [-0.39, 0.29) is 6.10 Å². The van der Waals surface area contributed by atoms with E-state index in [1.54, 1.807) is 17.6 Å². The first kappa shape index (κ1) is 14.7. The van der Waals surface area contributed by atoms with Crippen LogP contribution >= 0.6 is 11.3 Å². The van der Waals surface area contributed by atoms with Gasteiger partial charge in [0.2, 0.25) is 5.13 Å². The van der Waals surface area contributed by atoms with Crippen molar-refractivity contribution in [1.29, 1.82) is 0 Å². The smallest absolute Gasteiger partial charge is 0.203 e. The van der Waals surface area contributed by atoms with Crippen molar-refractivity contribution in [3.63, 3.8) is 0 Å². The van der Waals surface area contributed by atoms with Crippen molar-refractivity contribution in [2.45, 2.75) is 33.5 Å². The number of hydrazone groups is 1. The predicted octanol–water partition coefficient (Wildman–Crippen LogP) is 3.82. The second-order valence-corrected chi connectivity index (χ2v) is 5.62. The highest BCUT2D eigenvalue weighted by Crippen LogP contribution is 2.14. The highest BCUT2D eigenvalue weighted by Gasteiger charge is 1.97. The zero-order valence-electron chi connectivity index (χ0n) is 12.0. The number of rotatable bonds is 6. The van der Waals surface area contributed by atoms with E-state index in [0.29, 0.717) is 6.61 Å². The molecule has 0 saturated carbocycles. The van der Waals surface area contributed by atoms with Crippen LogP contribution < -0.4 is 5.43 Å². The normalized spacial score (nSPS) is 11.4. The summed E-state index contributed by atoms with van der Waals surface area (Å²) >= 11 is 1.54. The van der Waals surface area contributed by atoms with Gasteiger partial charge in [-0.25, -0.2) is 4.98 Å². The Kier molecular flexibility index (Phi) is 5.26. The van der Waals surface area contributed by atoms with Crippen molar-refractivity contribution in [2.24, 2.45) is 5.10 Å². The van der Waals surface area contributed by atoms with Gasteiger partial charge in [0, 0.05) is 5.38 Å². The molecule has 1 heterocycles. The van der Waals surface area contributed by atoms with Crippen molar-refractivity contribution < 1.29 is 4.74 Å². The Bertz CT molecular complexity index is 561. The van der Waals surface area contributed by atoms with E-state index in [4.69, 9.17) is 4.74 Å². The molecular weight excluding hydrogens is 270 g/mol. The number of nitrogens with one attached hydrogen (secondary N) is 1. The molecule has 0 fully saturated rings. The first-order chi connectivity index (χ1) is 9.63. The average molecular weight is 289 g/mol. The molecule has 0 bridgehead atoms. The lowest BCUT2D eigenvalue weighted by Crippen LogP contribution is -2.02. The molecule has 1 aromatic heterocycles. The minimum Gasteiger partial charge on any atom is -0.374 e. The molecule has 0 amide bonds. The molecule has 5 heteroatoms. The van der Waals surface area contributed by atoms with Gasteiger partial charge in [0.1, 0.15) is 0 Å². The Labute approximate surface area is 123 Å². The third-order valence-electron chi connectivity index (χ3n) is 2.56. The molecule has 0 unspecified atom stereocenters. The van der Waals surface area contributed by atoms with Crippen LogP contribution in [0.2, 0.25) is 0 Å². The van der Waals surface area contributed by atoms with E-state index >= 15 is 0 Å². The van der Waals surface area contributed by atoms with Crippen LogP contribution in [0.1, 0.15) is 30.7 Å².